The molecule has 5 heteroatoms. The molecule has 0 radical (unpaired) electrons. The van der Waals surface area contributed by atoms with Crippen LogP contribution in [0.25, 0.3) is 0 Å². The zero-order valence-electron chi connectivity index (χ0n) is 8.51. The Kier molecular flexibility index (Phi) is 4.06. The average molecular weight is 199 g/mol. The fourth-order valence-corrected chi connectivity index (χ4v) is 1.27. The van der Waals surface area contributed by atoms with E-state index >= 15 is 0 Å². The second-order valence-corrected chi connectivity index (χ2v) is 3.35. The van der Waals surface area contributed by atoms with Gasteiger partial charge in [-0.15, -0.1) is 0 Å². The van der Waals surface area contributed by atoms with Crippen LogP contribution in [-0.4, -0.2) is 39.7 Å². The van der Waals surface area contributed by atoms with Gasteiger partial charge in [0.15, 0.2) is 0 Å². The first-order valence-electron chi connectivity index (χ1n) is 4.64. The molecule has 1 heterocycles. The van der Waals surface area contributed by atoms with Crippen LogP contribution in [0.4, 0.5) is 0 Å². The van der Waals surface area contributed by atoms with Gasteiger partial charge in [-0.3, -0.25) is 4.68 Å². The van der Waals surface area contributed by atoms with Crippen LogP contribution in [0.5, 0.6) is 0 Å². The molecule has 2 unspecified atom stereocenters. The number of aliphatic hydroxyl groups excluding tert-OH is 2. The Labute approximate surface area is 83.4 Å². The zero-order chi connectivity index (χ0) is 10.6. The van der Waals surface area contributed by atoms with Crippen molar-refractivity contribution in [2.45, 2.75) is 18.6 Å². The van der Waals surface area contributed by atoms with Crippen LogP contribution in [0.1, 0.15) is 18.1 Å². The SMILES string of the molecule is CNCCC(O)C(O)c1cnn(C)c1. The van der Waals surface area contributed by atoms with E-state index in [1.165, 1.54) is 0 Å². The van der Waals surface area contributed by atoms with E-state index in [4.69, 9.17) is 0 Å². The molecule has 0 aromatic carbocycles. The maximum atomic E-state index is 9.70. The van der Waals surface area contributed by atoms with Crippen LogP contribution < -0.4 is 5.32 Å². The second kappa shape index (κ2) is 5.09. The van der Waals surface area contributed by atoms with Gasteiger partial charge in [-0.05, 0) is 20.0 Å². The smallest absolute Gasteiger partial charge is 0.108 e. The van der Waals surface area contributed by atoms with Gasteiger partial charge in [0.2, 0.25) is 0 Å². The average Bonchev–Trinajstić information content (AvgIpc) is 2.60. The van der Waals surface area contributed by atoms with Crippen molar-refractivity contribution in [1.29, 1.82) is 0 Å². The van der Waals surface area contributed by atoms with Gasteiger partial charge in [0.1, 0.15) is 6.10 Å². The predicted molar refractivity (Wildman–Crippen MR) is 52.7 cm³/mol. The summed E-state index contributed by atoms with van der Waals surface area (Å²) < 4.78 is 1.60. The lowest BCUT2D eigenvalue weighted by atomic mass is 10.1. The van der Waals surface area contributed by atoms with Crippen LogP contribution in [0, 0.1) is 0 Å². The molecule has 0 spiro atoms. The van der Waals surface area contributed by atoms with Gasteiger partial charge in [0.25, 0.3) is 0 Å². The fourth-order valence-electron chi connectivity index (χ4n) is 1.27. The summed E-state index contributed by atoms with van der Waals surface area (Å²) in [6.45, 7) is 0.679. The van der Waals surface area contributed by atoms with E-state index in [9.17, 15) is 10.2 Å². The molecule has 0 fully saturated rings. The zero-order valence-corrected chi connectivity index (χ0v) is 8.51. The van der Waals surface area contributed by atoms with Crippen LogP contribution >= 0.6 is 0 Å². The third kappa shape index (κ3) is 2.80. The van der Waals surface area contributed by atoms with Crippen molar-refractivity contribution in [3.63, 3.8) is 0 Å². The topological polar surface area (TPSA) is 70.3 Å². The summed E-state index contributed by atoms with van der Waals surface area (Å²) in [4.78, 5) is 0. The lowest BCUT2D eigenvalue weighted by molar-refractivity contribution is 0.0140. The number of aromatic nitrogens is 2. The van der Waals surface area contributed by atoms with E-state index in [1.807, 2.05) is 7.05 Å². The minimum absolute atomic E-state index is 0.520. The molecule has 80 valence electrons. The molecular formula is C9H17N3O2. The Morgan fingerprint density at radius 2 is 2.29 bits per heavy atom. The Hall–Kier alpha value is -0.910. The van der Waals surface area contributed by atoms with E-state index in [2.05, 4.69) is 10.4 Å². The molecule has 1 rings (SSSR count). The molecule has 1 aromatic rings. The highest BCUT2D eigenvalue weighted by Gasteiger charge is 2.18. The quantitative estimate of drug-likeness (QED) is 0.593. The minimum Gasteiger partial charge on any atom is -0.390 e. The van der Waals surface area contributed by atoms with Gasteiger partial charge in [0, 0.05) is 18.8 Å². The lowest BCUT2D eigenvalue weighted by Crippen LogP contribution is -2.23. The standard InChI is InChI=1S/C9H17N3O2/c1-10-4-3-8(13)9(14)7-5-11-12(2)6-7/h5-6,8-10,13-14H,3-4H2,1-2H3. The van der Waals surface area contributed by atoms with E-state index < -0.39 is 12.2 Å². The molecule has 0 amide bonds. The molecule has 0 aliphatic rings. The number of hydrogen-bond acceptors (Lipinski definition) is 4. The molecule has 14 heavy (non-hydrogen) atoms. The first-order valence-corrected chi connectivity index (χ1v) is 4.64. The summed E-state index contributed by atoms with van der Waals surface area (Å²) in [5.74, 6) is 0. The first kappa shape index (κ1) is 11.2. The van der Waals surface area contributed by atoms with Gasteiger partial charge in [-0.2, -0.15) is 5.10 Å². The first-order chi connectivity index (χ1) is 6.65. The van der Waals surface area contributed by atoms with E-state index in [0.29, 0.717) is 18.5 Å². The normalized spacial score (nSPS) is 15.4. The highest BCUT2D eigenvalue weighted by atomic mass is 16.3. The number of nitrogens with zero attached hydrogens (tertiary/aromatic N) is 2. The Bertz CT molecular complexity index is 275. The van der Waals surface area contributed by atoms with Crippen LogP contribution in [0.3, 0.4) is 0 Å². The second-order valence-electron chi connectivity index (χ2n) is 3.35. The number of aryl methyl sites for hydroxylation is 1. The van der Waals surface area contributed by atoms with E-state index in [0.717, 1.165) is 0 Å². The minimum atomic E-state index is -0.850. The van der Waals surface area contributed by atoms with Crippen LogP contribution in [0.15, 0.2) is 12.4 Å². The molecule has 1 aromatic heterocycles. The number of nitrogens with one attached hydrogen (secondary N) is 1. The summed E-state index contributed by atoms with van der Waals surface area (Å²) in [5, 5.41) is 26.1. The van der Waals surface area contributed by atoms with E-state index in [1.54, 1.807) is 24.1 Å². The predicted octanol–water partition coefficient (Wildman–Crippen LogP) is -0.576. The fraction of sp³-hybridized carbons (Fsp3) is 0.667. The maximum Gasteiger partial charge on any atom is 0.108 e. The third-order valence-electron chi connectivity index (χ3n) is 2.12. The van der Waals surface area contributed by atoms with Gasteiger partial charge in [0.05, 0.1) is 12.3 Å². The van der Waals surface area contributed by atoms with Gasteiger partial charge >= 0.3 is 0 Å². The van der Waals surface area contributed by atoms with Crippen molar-refractivity contribution in [3.8, 4) is 0 Å². The van der Waals surface area contributed by atoms with Crippen molar-refractivity contribution in [2.75, 3.05) is 13.6 Å². The number of rotatable bonds is 5. The molecular weight excluding hydrogens is 182 g/mol. The molecule has 0 saturated carbocycles. The Morgan fingerprint density at radius 1 is 1.57 bits per heavy atom. The highest BCUT2D eigenvalue weighted by Crippen LogP contribution is 2.17. The summed E-state index contributed by atoms with van der Waals surface area (Å²) >= 11 is 0. The van der Waals surface area contributed by atoms with Gasteiger partial charge < -0.3 is 15.5 Å². The van der Waals surface area contributed by atoms with Crippen molar-refractivity contribution in [1.82, 2.24) is 15.1 Å². The molecule has 0 aliphatic heterocycles. The highest BCUT2D eigenvalue weighted by molar-refractivity contribution is 5.09. The largest absolute Gasteiger partial charge is 0.390 e. The maximum absolute atomic E-state index is 9.70. The monoisotopic (exact) mass is 199 g/mol. The van der Waals surface area contributed by atoms with Crippen molar-refractivity contribution in [3.05, 3.63) is 18.0 Å². The molecule has 0 aliphatic carbocycles. The summed E-state index contributed by atoms with van der Waals surface area (Å²) in [6.07, 6.45) is 2.19. The lowest BCUT2D eigenvalue weighted by Gasteiger charge is -2.15. The summed E-state index contributed by atoms with van der Waals surface area (Å²) in [6, 6.07) is 0. The Balaban J connectivity index is 2.51. The summed E-state index contributed by atoms with van der Waals surface area (Å²) in [7, 11) is 3.58. The number of aliphatic hydroxyl groups is 2. The summed E-state index contributed by atoms with van der Waals surface area (Å²) in [5.41, 5.74) is 0.649. The van der Waals surface area contributed by atoms with E-state index in [-0.39, 0.29) is 0 Å². The molecule has 0 bridgehead atoms. The van der Waals surface area contributed by atoms with Gasteiger partial charge in [-0.1, -0.05) is 0 Å². The molecule has 5 nitrogen and oxygen atoms in total. The van der Waals surface area contributed by atoms with Crippen LogP contribution in [-0.2, 0) is 7.05 Å². The van der Waals surface area contributed by atoms with Gasteiger partial charge in [-0.25, -0.2) is 0 Å². The van der Waals surface area contributed by atoms with Crippen LogP contribution in [0.2, 0.25) is 0 Å². The molecule has 2 atom stereocenters. The van der Waals surface area contributed by atoms with Crippen molar-refractivity contribution in [2.24, 2.45) is 7.05 Å². The van der Waals surface area contributed by atoms with Crippen molar-refractivity contribution < 1.29 is 10.2 Å². The Morgan fingerprint density at radius 3 is 2.79 bits per heavy atom. The molecule has 3 N–H and O–H groups in total. The third-order valence-corrected chi connectivity index (χ3v) is 2.12. The van der Waals surface area contributed by atoms with Crippen molar-refractivity contribution >= 4 is 0 Å². The number of hydrogen-bond donors (Lipinski definition) is 3. The molecule has 0 saturated heterocycles.